The van der Waals surface area contributed by atoms with Gasteiger partial charge in [-0.3, -0.25) is 0 Å². The molecule has 0 amide bonds. The van der Waals surface area contributed by atoms with E-state index in [9.17, 15) is 4.80 Å². The zero-order valence-electron chi connectivity index (χ0n) is 10.9. The van der Waals surface area contributed by atoms with E-state index in [-0.39, 0.29) is 0 Å². The van der Waals surface area contributed by atoms with Crippen LogP contribution in [-0.4, -0.2) is 37.1 Å². The first-order valence-electron chi connectivity index (χ1n) is 5.24. The van der Waals surface area contributed by atoms with Crippen LogP contribution in [0.1, 0.15) is 6.92 Å². The highest BCUT2D eigenvalue weighted by Gasteiger charge is 2.40. The van der Waals surface area contributed by atoms with E-state index >= 15 is 0 Å². The second-order valence-electron chi connectivity index (χ2n) is 4.88. The van der Waals surface area contributed by atoms with E-state index in [4.69, 9.17) is 12.7 Å². The van der Waals surface area contributed by atoms with Gasteiger partial charge >= 0.3 is 25.7 Å². The molecule has 1 N–H and O–H groups in total. The van der Waals surface area contributed by atoms with E-state index < -0.39 is 25.7 Å². The predicted molar refractivity (Wildman–Crippen MR) is 68.5 cm³/mol. The average molecular weight is 269 g/mol. The van der Waals surface area contributed by atoms with Crippen LogP contribution in [0.5, 0.6) is 0 Å². The van der Waals surface area contributed by atoms with Gasteiger partial charge in [0.1, 0.15) is 0 Å². The van der Waals surface area contributed by atoms with Gasteiger partial charge < -0.3 is 17.5 Å². The SMILES string of the molecule is CCO[Si](C)(C)O[Si](C)(C)O[Si](C)(C)O. The van der Waals surface area contributed by atoms with Crippen molar-refractivity contribution in [3.63, 3.8) is 0 Å². The smallest absolute Gasteiger partial charge is 0.322 e. The second kappa shape index (κ2) is 5.21. The lowest BCUT2D eigenvalue weighted by atomic mass is 10.9. The van der Waals surface area contributed by atoms with Crippen LogP contribution >= 0.6 is 0 Å². The van der Waals surface area contributed by atoms with Crippen LogP contribution < -0.4 is 0 Å². The fourth-order valence-electron chi connectivity index (χ4n) is 1.59. The van der Waals surface area contributed by atoms with E-state index in [0.717, 1.165) is 0 Å². The quantitative estimate of drug-likeness (QED) is 0.750. The van der Waals surface area contributed by atoms with E-state index in [0.29, 0.717) is 6.61 Å². The molecule has 0 aromatic heterocycles. The summed E-state index contributed by atoms with van der Waals surface area (Å²) in [5.41, 5.74) is 0. The first-order chi connectivity index (χ1) is 6.47. The largest absolute Gasteiger partial charge is 0.416 e. The number of rotatable bonds is 6. The van der Waals surface area contributed by atoms with Gasteiger partial charge in [0.2, 0.25) is 0 Å². The zero-order valence-corrected chi connectivity index (χ0v) is 13.9. The molecule has 0 radical (unpaired) electrons. The molecule has 0 rings (SSSR count). The molecule has 0 saturated heterocycles. The number of hydrogen-bond acceptors (Lipinski definition) is 4. The molecule has 0 aromatic carbocycles. The van der Waals surface area contributed by atoms with Crippen LogP contribution in [0.15, 0.2) is 0 Å². The van der Waals surface area contributed by atoms with Crippen LogP contribution in [-0.2, 0) is 12.7 Å². The minimum atomic E-state index is -2.51. The topological polar surface area (TPSA) is 47.9 Å². The van der Waals surface area contributed by atoms with Crippen molar-refractivity contribution < 1.29 is 17.5 Å². The molecular formula is C8H24O4Si3. The van der Waals surface area contributed by atoms with Crippen LogP contribution in [0.3, 0.4) is 0 Å². The Morgan fingerprint density at radius 1 is 0.867 bits per heavy atom. The van der Waals surface area contributed by atoms with Crippen LogP contribution in [0, 0.1) is 0 Å². The second-order valence-corrected chi connectivity index (χ2v) is 15.3. The van der Waals surface area contributed by atoms with E-state index in [1.165, 1.54) is 0 Å². The summed E-state index contributed by atoms with van der Waals surface area (Å²) >= 11 is 0. The molecule has 0 aliphatic rings. The maximum Gasteiger partial charge on any atom is 0.322 e. The third-order valence-electron chi connectivity index (χ3n) is 1.48. The summed E-state index contributed by atoms with van der Waals surface area (Å²) in [6, 6.07) is 0. The van der Waals surface area contributed by atoms with Gasteiger partial charge in [0.25, 0.3) is 0 Å². The maximum atomic E-state index is 9.73. The van der Waals surface area contributed by atoms with Gasteiger partial charge in [-0.25, -0.2) is 0 Å². The molecule has 15 heavy (non-hydrogen) atoms. The van der Waals surface area contributed by atoms with E-state index in [2.05, 4.69) is 0 Å². The van der Waals surface area contributed by atoms with Gasteiger partial charge in [-0.1, -0.05) is 0 Å². The normalized spacial score (nSPS) is 14.4. The first-order valence-corrected chi connectivity index (χ1v) is 13.7. The molecular weight excluding hydrogens is 244 g/mol. The van der Waals surface area contributed by atoms with Crippen LogP contribution in [0.4, 0.5) is 0 Å². The summed E-state index contributed by atoms with van der Waals surface area (Å²) in [5, 5.41) is 0. The Bertz CT molecular complexity index is 201. The Morgan fingerprint density at radius 2 is 1.33 bits per heavy atom. The Balaban J connectivity index is 4.36. The molecule has 0 aromatic rings. The van der Waals surface area contributed by atoms with Gasteiger partial charge in [-0.15, -0.1) is 0 Å². The standard InChI is InChI=1S/C8H24O4Si3/c1-8-10-14(4,5)12-15(6,7)11-13(2,3)9/h9H,8H2,1-7H3. The molecule has 0 spiro atoms. The molecule has 0 atom stereocenters. The molecule has 4 nitrogen and oxygen atoms in total. The summed E-state index contributed by atoms with van der Waals surface area (Å²) in [5.74, 6) is 0. The molecule has 0 aliphatic carbocycles. The molecule has 0 heterocycles. The fourth-order valence-corrected chi connectivity index (χ4v) is 12.6. The molecule has 0 saturated carbocycles. The minimum Gasteiger partial charge on any atom is -0.416 e. The summed E-state index contributed by atoms with van der Waals surface area (Å²) in [7, 11) is -6.87. The van der Waals surface area contributed by atoms with Gasteiger partial charge in [0.05, 0.1) is 0 Å². The molecule has 7 heteroatoms. The van der Waals surface area contributed by atoms with Crippen LogP contribution in [0.25, 0.3) is 0 Å². The zero-order chi connectivity index (χ0) is 12.3. The Labute approximate surface area is 96.3 Å². The third kappa shape index (κ3) is 8.31. The monoisotopic (exact) mass is 268 g/mol. The number of hydrogen-bond donors (Lipinski definition) is 1. The summed E-state index contributed by atoms with van der Waals surface area (Å²) in [6.45, 7) is 14.0. The average Bonchev–Trinajstić information content (AvgIpc) is 1.74. The van der Waals surface area contributed by atoms with Crippen molar-refractivity contribution in [2.45, 2.75) is 46.2 Å². The van der Waals surface area contributed by atoms with Crippen molar-refractivity contribution in [1.29, 1.82) is 0 Å². The lowest BCUT2D eigenvalue weighted by molar-refractivity contribution is 0.235. The Morgan fingerprint density at radius 3 is 1.67 bits per heavy atom. The summed E-state index contributed by atoms with van der Waals surface area (Å²) in [6.07, 6.45) is 0. The molecule has 0 fully saturated rings. The van der Waals surface area contributed by atoms with Crippen LogP contribution in [0.2, 0.25) is 39.3 Å². The molecule has 92 valence electrons. The van der Waals surface area contributed by atoms with Gasteiger partial charge in [-0.05, 0) is 46.2 Å². The molecule has 0 bridgehead atoms. The third-order valence-corrected chi connectivity index (χ3v) is 10.4. The highest BCUT2D eigenvalue weighted by molar-refractivity contribution is 6.84. The molecule has 0 aliphatic heterocycles. The Kier molecular flexibility index (Phi) is 5.38. The van der Waals surface area contributed by atoms with Gasteiger partial charge in [0.15, 0.2) is 0 Å². The summed E-state index contributed by atoms with van der Waals surface area (Å²) in [4.78, 5) is 9.73. The lowest BCUT2D eigenvalue weighted by Crippen LogP contribution is -2.53. The highest BCUT2D eigenvalue weighted by atomic mass is 28.5. The van der Waals surface area contributed by atoms with Crippen molar-refractivity contribution in [1.82, 2.24) is 0 Å². The van der Waals surface area contributed by atoms with Crippen molar-refractivity contribution in [3.8, 4) is 0 Å². The highest BCUT2D eigenvalue weighted by Crippen LogP contribution is 2.19. The van der Waals surface area contributed by atoms with Crippen molar-refractivity contribution in [2.75, 3.05) is 6.61 Å². The van der Waals surface area contributed by atoms with E-state index in [1.807, 2.05) is 33.1 Å². The fraction of sp³-hybridized carbons (Fsp3) is 1.00. The maximum absolute atomic E-state index is 9.73. The Hall–Kier alpha value is 0.491. The van der Waals surface area contributed by atoms with Crippen molar-refractivity contribution >= 4 is 25.7 Å². The van der Waals surface area contributed by atoms with Crippen molar-refractivity contribution in [3.05, 3.63) is 0 Å². The van der Waals surface area contributed by atoms with Gasteiger partial charge in [-0.2, -0.15) is 0 Å². The summed E-state index contributed by atoms with van der Waals surface area (Å²) < 4.78 is 17.2. The first kappa shape index (κ1) is 15.5. The minimum absolute atomic E-state index is 0.656. The lowest BCUT2D eigenvalue weighted by Gasteiger charge is -2.35. The predicted octanol–water partition coefficient (Wildman–Crippen LogP) is 2.15. The van der Waals surface area contributed by atoms with Gasteiger partial charge in [0, 0.05) is 6.61 Å². The van der Waals surface area contributed by atoms with Crippen molar-refractivity contribution in [2.24, 2.45) is 0 Å². The van der Waals surface area contributed by atoms with E-state index in [1.54, 1.807) is 13.1 Å². The molecule has 0 unspecified atom stereocenters.